The second kappa shape index (κ2) is 5.04. The number of anilines is 1. The molecular formula is C12H15ClF3N3O. The monoisotopic (exact) mass is 309 g/mol. The predicted octanol–water partition coefficient (Wildman–Crippen LogP) is 3.37. The molecule has 1 fully saturated rings. The number of nitrogens with zero attached hydrogens (tertiary/aromatic N) is 2. The molecule has 0 spiro atoms. The number of halogens is 4. The maximum atomic E-state index is 12.6. The summed E-state index contributed by atoms with van der Waals surface area (Å²) in [5, 5.41) is 2.73. The second-order valence-corrected chi connectivity index (χ2v) is 5.76. The van der Waals surface area contributed by atoms with E-state index in [4.69, 9.17) is 16.3 Å². The number of ether oxygens (including phenoxy) is 1. The highest BCUT2D eigenvalue weighted by Gasteiger charge is 2.48. The van der Waals surface area contributed by atoms with E-state index >= 15 is 0 Å². The van der Waals surface area contributed by atoms with Crippen molar-refractivity contribution >= 4 is 17.4 Å². The van der Waals surface area contributed by atoms with Gasteiger partial charge in [0.15, 0.2) is 0 Å². The van der Waals surface area contributed by atoms with Crippen molar-refractivity contribution in [3.63, 3.8) is 0 Å². The first kappa shape index (κ1) is 15.3. The van der Waals surface area contributed by atoms with Crippen LogP contribution in [0.4, 0.5) is 19.0 Å². The maximum Gasteiger partial charge on any atom is 0.451 e. The zero-order valence-corrected chi connectivity index (χ0v) is 12.0. The molecule has 1 saturated carbocycles. The van der Waals surface area contributed by atoms with Crippen LogP contribution in [0.5, 0.6) is 0 Å². The smallest absolute Gasteiger partial charge is 0.381 e. The Kier molecular flexibility index (Phi) is 3.85. The van der Waals surface area contributed by atoms with Gasteiger partial charge in [-0.15, -0.1) is 0 Å². The van der Waals surface area contributed by atoms with Crippen molar-refractivity contribution in [1.82, 2.24) is 9.97 Å². The zero-order chi connectivity index (χ0) is 15.1. The molecule has 2 atom stereocenters. The van der Waals surface area contributed by atoms with E-state index in [1.807, 2.05) is 13.8 Å². The van der Waals surface area contributed by atoms with Crippen LogP contribution in [-0.2, 0) is 10.9 Å². The minimum absolute atomic E-state index is 0.0282. The van der Waals surface area contributed by atoms with Gasteiger partial charge in [0.25, 0.3) is 0 Å². The van der Waals surface area contributed by atoms with Gasteiger partial charge in [0.05, 0.1) is 6.10 Å². The van der Waals surface area contributed by atoms with E-state index in [-0.39, 0.29) is 28.5 Å². The fraction of sp³-hybridized carbons (Fsp3) is 0.667. The standard InChI is InChI=1S/C12H15ClF3N3O/c1-11(2)6(4-7(11)20-3)17-9-5-8(13)18-10(19-9)12(14,15)16/h5-7H,4H2,1-3H3,(H,17,18,19). The molecule has 0 bridgehead atoms. The summed E-state index contributed by atoms with van der Waals surface area (Å²) in [6, 6.07) is 1.26. The highest BCUT2D eigenvalue weighted by molar-refractivity contribution is 6.29. The van der Waals surface area contributed by atoms with Gasteiger partial charge in [-0.3, -0.25) is 0 Å². The lowest BCUT2D eigenvalue weighted by Crippen LogP contribution is -2.57. The minimum atomic E-state index is -4.62. The first-order valence-corrected chi connectivity index (χ1v) is 6.43. The second-order valence-electron chi connectivity index (χ2n) is 5.38. The van der Waals surface area contributed by atoms with Crippen LogP contribution in [0.3, 0.4) is 0 Å². The molecule has 0 aromatic carbocycles. The number of nitrogens with one attached hydrogen (secondary N) is 1. The number of rotatable bonds is 3. The zero-order valence-electron chi connectivity index (χ0n) is 11.3. The average Bonchev–Trinajstić information content (AvgIpc) is 2.32. The molecule has 0 saturated heterocycles. The van der Waals surface area contributed by atoms with Crippen LogP contribution in [0.25, 0.3) is 0 Å². The van der Waals surface area contributed by atoms with Gasteiger partial charge in [0.2, 0.25) is 5.82 Å². The van der Waals surface area contributed by atoms with E-state index < -0.39 is 12.0 Å². The van der Waals surface area contributed by atoms with Crippen molar-refractivity contribution in [3.05, 3.63) is 17.0 Å². The molecule has 1 aliphatic carbocycles. The van der Waals surface area contributed by atoms with Crippen LogP contribution in [0, 0.1) is 5.41 Å². The highest BCUT2D eigenvalue weighted by atomic mass is 35.5. The average molecular weight is 310 g/mol. The van der Waals surface area contributed by atoms with Crippen LogP contribution in [0.15, 0.2) is 6.07 Å². The molecule has 0 aliphatic heterocycles. The Hall–Kier alpha value is -1.08. The van der Waals surface area contributed by atoms with Gasteiger partial charge in [-0.25, -0.2) is 9.97 Å². The van der Waals surface area contributed by atoms with Crippen LogP contribution < -0.4 is 5.32 Å². The number of hydrogen-bond acceptors (Lipinski definition) is 4. The molecule has 1 aromatic rings. The topological polar surface area (TPSA) is 47.0 Å². The number of aromatic nitrogens is 2. The van der Waals surface area contributed by atoms with Crippen molar-refractivity contribution in [2.75, 3.05) is 12.4 Å². The Morgan fingerprint density at radius 2 is 2.05 bits per heavy atom. The van der Waals surface area contributed by atoms with Crippen LogP contribution >= 0.6 is 11.6 Å². The quantitative estimate of drug-likeness (QED) is 0.870. The third-order valence-electron chi connectivity index (χ3n) is 3.73. The summed E-state index contributed by atoms with van der Waals surface area (Å²) in [5.74, 6) is -1.17. The van der Waals surface area contributed by atoms with Crippen molar-refractivity contribution in [1.29, 1.82) is 0 Å². The molecule has 2 rings (SSSR count). The maximum absolute atomic E-state index is 12.6. The van der Waals surface area contributed by atoms with Gasteiger partial charge in [-0.2, -0.15) is 13.2 Å². The van der Waals surface area contributed by atoms with Crippen molar-refractivity contribution in [2.45, 2.75) is 38.6 Å². The van der Waals surface area contributed by atoms with Crippen molar-refractivity contribution in [2.24, 2.45) is 5.41 Å². The summed E-state index contributed by atoms with van der Waals surface area (Å²) in [7, 11) is 1.62. The third-order valence-corrected chi connectivity index (χ3v) is 3.93. The van der Waals surface area contributed by atoms with Gasteiger partial charge in [-0.1, -0.05) is 25.4 Å². The summed E-state index contributed by atoms with van der Waals surface area (Å²) in [6.07, 6.45) is -3.85. The number of hydrogen-bond donors (Lipinski definition) is 1. The van der Waals surface area contributed by atoms with Crippen LogP contribution in [0.2, 0.25) is 5.15 Å². The molecule has 20 heavy (non-hydrogen) atoms. The lowest BCUT2D eigenvalue weighted by Gasteiger charge is -2.51. The van der Waals surface area contributed by atoms with Crippen molar-refractivity contribution in [3.8, 4) is 0 Å². The van der Waals surface area contributed by atoms with E-state index in [9.17, 15) is 13.2 Å². The summed E-state index contributed by atoms with van der Waals surface area (Å²) in [5.41, 5.74) is -0.190. The Morgan fingerprint density at radius 1 is 1.40 bits per heavy atom. The molecule has 0 radical (unpaired) electrons. The van der Waals surface area contributed by atoms with E-state index in [0.717, 1.165) is 0 Å². The SMILES string of the molecule is COC1CC(Nc2cc(Cl)nc(C(F)(F)F)n2)C1(C)C. The third kappa shape index (κ3) is 2.83. The molecule has 1 N–H and O–H groups in total. The molecule has 8 heteroatoms. The van der Waals surface area contributed by atoms with Gasteiger partial charge in [0.1, 0.15) is 11.0 Å². The van der Waals surface area contributed by atoms with Crippen LogP contribution in [-0.4, -0.2) is 29.2 Å². The first-order chi connectivity index (χ1) is 9.14. The summed E-state index contributed by atoms with van der Waals surface area (Å²) >= 11 is 5.61. The minimum Gasteiger partial charge on any atom is -0.381 e. The first-order valence-electron chi connectivity index (χ1n) is 6.05. The van der Waals surface area contributed by atoms with E-state index in [1.165, 1.54) is 6.07 Å². The predicted molar refractivity (Wildman–Crippen MR) is 68.6 cm³/mol. The molecule has 1 aliphatic rings. The van der Waals surface area contributed by atoms with E-state index in [2.05, 4.69) is 15.3 Å². The Balaban J connectivity index is 2.17. The summed E-state index contributed by atoms with van der Waals surface area (Å²) in [6.45, 7) is 3.96. The Bertz CT molecular complexity index is 507. The molecule has 1 aromatic heterocycles. The normalized spacial score (nSPS) is 25.1. The number of alkyl halides is 3. The van der Waals surface area contributed by atoms with Gasteiger partial charge >= 0.3 is 6.18 Å². The summed E-state index contributed by atoms with van der Waals surface area (Å²) in [4.78, 5) is 6.66. The van der Waals surface area contributed by atoms with E-state index in [1.54, 1.807) is 7.11 Å². The molecule has 4 nitrogen and oxygen atoms in total. The van der Waals surface area contributed by atoms with Gasteiger partial charge in [0, 0.05) is 24.6 Å². The Labute approximate surface area is 119 Å². The number of methoxy groups -OCH3 is 1. The highest BCUT2D eigenvalue weighted by Crippen LogP contribution is 2.44. The Morgan fingerprint density at radius 3 is 2.55 bits per heavy atom. The van der Waals surface area contributed by atoms with Crippen molar-refractivity contribution < 1.29 is 17.9 Å². The molecule has 112 valence electrons. The van der Waals surface area contributed by atoms with Gasteiger partial charge < -0.3 is 10.1 Å². The molecular weight excluding hydrogens is 295 g/mol. The molecule has 1 heterocycles. The largest absolute Gasteiger partial charge is 0.451 e. The fourth-order valence-electron chi connectivity index (χ4n) is 2.33. The van der Waals surface area contributed by atoms with Gasteiger partial charge in [-0.05, 0) is 6.42 Å². The van der Waals surface area contributed by atoms with E-state index in [0.29, 0.717) is 6.42 Å². The fourth-order valence-corrected chi connectivity index (χ4v) is 2.51. The summed E-state index contributed by atoms with van der Waals surface area (Å²) < 4.78 is 43.1. The molecule has 0 amide bonds. The lowest BCUT2D eigenvalue weighted by atomic mass is 9.64. The molecule has 2 unspecified atom stereocenters. The lowest BCUT2D eigenvalue weighted by molar-refractivity contribution is -0.144. The van der Waals surface area contributed by atoms with Crippen LogP contribution in [0.1, 0.15) is 26.1 Å².